The lowest BCUT2D eigenvalue weighted by atomic mass is 9.98. The van der Waals surface area contributed by atoms with Gasteiger partial charge in [-0.2, -0.15) is 0 Å². The molecule has 0 saturated heterocycles. The molecule has 0 radical (unpaired) electrons. The summed E-state index contributed by atoms with van der Waals surface area (Å²) in [6.45, 7) is 3.95. The summed E-state index contributed by atoms with van der Waals surface area (Å²) in [5, 5.41) is 10.1. The maximum absolute atomic E-state index is 13.1. The van der Waals surface area contributed by atoms with Gasteiger partial charge in [0.15, 0.2) is 0 Å². The second-order valence-corrected chi connectivity index (χ2v) is 4.92. The van der Waals surface area contributed by atoms with Gasteiger partial charge >= 0.3 is 0 Å². The number of halogens is 2. The van der Waals surface area contributed by atoms with E-state index in [9.17, 15) is 13.9 Å². The Balaban J connectivity index is 2.22. The first-order valence-corrected chi connectivity index (χ1v) is 6.15. The Morgan fingerprint density at radius 1 is 0.895 bits per heavy atom. The van der Waals surface area contributed by atoms with Crippen LogP contribution < -0.4 is 0 Å². The summed E-state index contributed by atoms with van der Waals surface area (Å²) in [5.74, 6) is -1.34. The zero-order valence-corrected chi connectivity index (χ0v) is 11.0. The fourth-order valence-electron chi connectivity index (χ4n) is 2.30. The van der Waals surface area contributed by atoms with Crippen LogP contribution >= 0.6 is 0 Å². The number of aryl methyl sites for hydroxylation is 2. The van der Waals surface area contributed by atoms with Gasteiger partial charge in [0.25, 0.3) is 0 Å². The Labute approximate surface area is 111 Å². The lowest BCUT2D eigenvalue weighted by Crippen LogP contribution is -2.03. The molecule has 0 amide bonds. The van der Waals surface area contributed by atoms with E-state index in [4.69, 9.17) is 0 Å². The summed E-state index contributed by atoms with van der Waals surface area (Å²) in [6, 6.07) is 9.09. The largest absolute Gasteiger partial charge is 0.388 e. The predicted molar refractivity (Wildman–Crippen MR) is 70.9 cm³/mol. The standard InChI is InChI=1S/C16H16F2O/c1-10-3-11(2)5-12(4-10)6-16(19)13-7-14(17)9-15(18)8-13/h3-5,7-9,16,19H,6H2,1-2H3. The Hall–Kier alpha value is -1.74. The number of benzene rings is 2. The van der Waals surface area contributed by atoms with Crippen molar-refractivity contribution in [1.29, 1.82) is 0 Å². The molecular weight excluding hydrogens is 246 g/mol. The first-order valence-electron chi connectivity index (χ1n) is 6.15. The van der Waals surface area contributed by atoms with Crippen LogP contribution in [0.2, 0.25) is 0 Å². The molecular formula is C16H16F2O. The molecule has 19 heavy (non-hydrogen) atoms. The summed E-state index contributed by atoms with van der Waals surface area (Å²) in [7, 11) is 0. The van der Waals surface area contributed by atoms with Crippen LogP contribution in [0.4, 0.5) is 8.78 Å². The molecule has 0 bridgehead atoms. The molecule has 2 rings (SSSR count). The lowest BCUT2D eigenvalue weighted by Gasteiger charge is -2.12. The molecule has 1 atom stereocenters. The van der Waals surface area contributed by atoms with Crippen LogP contribution in [0.1, 0.15) is 28.4 Å². The number of aliphatic hydroxyl groups excluding tert-OH is 1. The minimum atomic E-state index is -0.911. The monoisotopic (exact) mass is 262 g/mol. The minimum Gasteiger partial charge on any atom is -0.388 e. The molecule has 0 saturated carbocycles. The highest BCUT2D eigenvalue weighted by Gasteiger charge is 2.11. The van der Waals surface area contributed by atoms with Crippen LogP contribution in [-0.4, -0.2) is 5.11 Å². The molecule has 1 unspecified atom stereocenters. The number of hydrogen-bond donors (Lipinski definition) is 1. The van der Waals surface area contributed by atoms with Crippen LogP contribution in [0, 0.1) is 25.5 Å². The van der Waals surface area contributed by atoms with Gasteiger partial charge in [0.05, 0.1) is 6.10 Å². The normalized spacial score (nSPS) is 12.5. The molecule has 0 aliphatic rings. The Morgan fingerprint density at radius 2 is 1.42 bits per heavy atom. The average molecular weight is 262 g/mol. The topological polar surface area (TPSA) is 20.2 Å². The van der Waals surface area contributed by atoms with Crippen molar-refractivity contribution in [3.05, 3.63) is 70.3 Å². The molecule has 2 aromatic rings. The van der Waals surface area contributed by atoms with Crippen molar-refractivity contribution in [3.63, 3.8) is 0 Å². The van der Waals surface area contributed by atoms with E-state index in [0.717, 1.165) is 34.9 Å². The first kappa shape index (κ1) is 13.7. The van der Waals surface area contributed by atoms with E-state index in [1.54, 1.807) is 0 Å². The number of aliphatic hydroxyl groups is 1. The van der Waals surface area contributed by atoms with Crippen molar-refractivity contribution < 1.29 is 13.9 Å². The van der Waals surface area contributed by atoms with E-state index < -0.39 is 17.7 Å². The van der Waals surface area contributed by atoms with Gasteiger partial charge in [0.1, 0.15) is 11.6 Å². The fraction of sp³-hybridized carbons (Fsp3) is 0.250. The molecule has 1 N–H and O–H groups in total. The molecule has 3 heteroatoms. The molecule has 0 aromatic heterocycles. The molecule has 0 heterocycles. The Morgan fingerprint density at radius 3 is 1.95 bits per heavy atom. The van der Waals surface area contributed by atoms with Crippen LogP contribution in [0.15, 0.2) is 36.4 Å². The summed E-state index contributed by atoms with van der Waals surface area (Å²) in [6.07, 6.45) is -0.572. The van der Waals surface area contributed by atoms with Crippen molar-refractivity contribution in [2.45, 2.75) is 26.4 Å². The Bertz CT molecular complexity index is 553. The second-order valence-electron chi connectivity index (χ2n) is 4.92. The quantitative estimate of drug-likeness (QED) is 0.890. The van der Waals surface area contributed by atoms with Gasteiger partial charge < -0.3 is 5.11 Å². The smallest absolute Gasteiger partial charge is 0.126 e. The molecule has 100 valence electrons. The highest BCUT2D eigenvalue weighted by Crippen LogP contribution is 2.21. The third-order valence-corrected chi connectivity index (χ3v) is 2.98. The van der Waals surface area contributed by atoms with Gasteiger partial charge in [0, 0.05) is 12.5 Å². The van der Waals surface area contributed by atoms with E-state index in [1.807, 2.05) is 32.0 Å². The highest BCUT2D eigenvalue weighted by molar-refractivity contribution is 5.30. The number of hydrogen-bond acceptors (Lipinski definition) is 1. The van der Waals surface area contributed by atoms with E-state index in [-0.39, 0.29) is 5.56 Å². The van der Waals surface area contributed by atoms with E-state index in [2.05, 4.69) is 0 Å². The molecule has 0 spiro atoms. The van der Waals surface area contributed by atoms with Crippen LogP contribution in [0.5, 0.6) is 0 Å². The zero-order valence-electron chi connectivity index (χ0n) is 11.0. The third kappa shape index (κ3) is 3.61. The highest BCUT2D eigenvalue weighted by atomic mass is 19.1. The molecule has 0 fully saturated rings. The summed E-state index contributed by atoms with van der Waals surface area (Å²) in [5.41, 5.74) is 3.42. The molecule has 0 aliphatic carbocycles. The molecule has 0 aliphatic heterocycles. The molecule has 1 nitrogen and oxygen atoms in total. The van der Waals surface area contributed by atoms with Gasteiger partial charge in [-0.25, -0.2) is 8.78 Å². The maximum atomic E-state index is 13.1. The Kier molecular flexibility index (Phi) is 3.96. The van der Waals surface area contributed by atoms with E-state index >= 15 is 0 Å². The van der Waals surface area contributed by atoms with E-state index in [1.165, 1.54) is 0 Å². The van der Waals surface area contributed by atoms with Crippen LogP contribution in [0.25, 0.3) is 0 Å². The van der Waals surface area contributed by atoms with Gasteiger partial charge in [-0.3, -0.25) is 0 Å². The lowest BCUT2D eigenvalue weighted by molar-refractivity contribution is 0.177. The van der Waals surface area contributed by atoms with Crippen molar-refractivity contribution >= 4 is 0 Å². The SMILES string of the molecule is Cc1cc(C)cc(CC(O)c2cc(F)cc(F)c2)c1. The van der Waals surface area contributed by atoms with Crippen LogP contribution in [-0.2, 0) is 6.42 Å². The summed E-state index contributed by atoms with van der Waals surface area (Å²) < 4.78 is 26.2. The first-order chi connectivity index (χ1) is 8.94. The van der Waals surface area contributed by atoms with Gasteiger partial charge in [-0.05, 0) is 37.1 Å². The van der Waals surface area contributed by atoms with Crippen LogP contribution in [0.3, 0.4) is 0 Å². The average Bonchev–Trinajstić information content (AvgIpc) is 2.25. The number of rotatable bonds is 3. The fourth-order valence-corrected chi connectivity index (χ4v) is 2.30. The van der Waals surface area contributed by atoms with Gasteiger partial charge in [-0.1, -0.05) is 29.3 Å². The predicted octanol–water partition coefficient (Wildman–Crippen LogP) is 3.86. The van der Waals surface area contributed by atoms with E-state index in [0.29, 0.717) is 6.42 Å². The van der Waals surface area contributed by atoms with Crippen molar-refractivity contribution in [2.75, 3.05) is 0 Å². The molecule has 2 aromatic carbocycles. The van der Waals surface area contributed by atoms with Crippen molar-refractivity contribution in [3.8, 4) is 0 Å². The second kappa shape index (κ2) is 5.49. The van der Waals surface area contributed by atoms with Crippen molar-refractivity contribution in [1.82, 2.24) is 0 Å². The summed E-state index contributed by atoms with van der Waals surface area (Å²) in [4.78, 5) is 0. The third-order valence-electron chi connectivity index (χ3n) is 2.98. The minimum absolute atomic E-state index is 0.261. The zero-order chi connectivity index (χ0) is 14.0. The van der Waals surface area contributed by atoms with Crippen molar-refractivity contribution in [2.24, 2.45) is 0 Å². The maximum Gasteiger partial charge on any atom is 0.126 e. The summed E-state index contributed by atoms with van der Waals surface area (Å²) >= 11 is 0. The van der Waals surface area contributed by atoms with Gasteiger partial charge in [0.2, 0.25) is 0 Å². The van der Waals surface area contributed by atoms with Gasteiger partial charge in [-0.15, -0.1) is 0 Å².